The number of piperidine rings is 1. The van der Waals surface area contributed by atoms with Crippen molar-refractivity contribution in [1.82, 2.24) is 19.9 Å². The maximum atomic E-state index is 12.6. The molecule has 0 spiro atoms. The lowest BCUT2D eigenvalue weighted by Gasteiger charge is -2.37. The zero-order chi connectivity index (χ0) is 18.0. The van der Waals surface area contributed by atoms with Gasteiger partial charge in [0.25, 0.3) is 5.91 Å². The molecule has 0 bridgehead atoms. The highest BCUT2D eigenvalue weighted by molar-refractivity contribution is 7.11. The van der Waals surface area contributed by atoms with Gasteiger partial charge in [0.05, 0.1) is 31.6 Å². The highest BCUT2D eigenvalue weighted by Crippen LogP contribution is 2.37. The lowest BCUT2D eigenvalue weighted by atomic mass is 9.88. The number of thiazole rings is 1. The van der Waals surface area contributed by atoms with E-state index in [1.165, 1.54) is 31.8 Å². The first-order valence-electron chi connectivity index (χ1n) is 7.85. The molecule has 2 aromatic heterocycles. The summed E-state index contributed by atoms with van der Waals surface area (Å²) in [7, 11) is 2.96. The van der Waals surface area contributed by atoms with E-state index in [1.807, 2.05) is 6.92 Å². The van der Waals surface area contributed by atoms with Crippen molar-refractivity contribution in [3.05, 3.63) is 28.0 Å². The van der Waals surface area contributed by atoms with E-state index in [1.54, 1.807) is 10.4 Å². The Morgan fingerprint density at radius 3 is 2.56 bits per heavy atom. The number of methoxy groups -OCH3 is 2. The second-order valence-electron chi connectivity index (χ2n) is 5.86. The molecule has 9 heteroatoms. The number of aryl methyl sites for hydroxylation is 1. The van der Waals surface area contributed by atoms with Crippen molar-refractivity contribution in [2.75, 3.05) is 27.3 Å². The van der Waals surface area contributed by atoms with Crippen LogP contribution in [0.25, 0.3) is 0 Å². The summed E-state index contributed by atoms with van der Waals surface area (Å²) >= 11 is 1.34. The fourth-order valence-electron chi connectivity index (χ4n) is 2.88. The molecule has 0 aliphatic carbocycles. The van der Waals surface area contributed by atoms with Gasteiger partial charge in [0.1, 0.15) is 16.2 Å². The molecule has 1 aliphatic rings. The molecule has 2 aromatic rings. The van der Waals surface area contributed by atoms with E-state index < -0.39 is 5.60 Å². The van der Waals surface area contributed by atoms with Crippen molar-refractivity contribution in [2.24, 2.45) is 0 Å². The van der Waals surface area contributed by atoms with Gasteiger partial charge in [0.15, 0.2) is 0 Å². The van der Waals surface area contributed by atoms with Crippen LogP contribution in [0.4, 0.5) is 0 Å². The third-order valence-corrected chi connectivity index (χ3v) is 5.30. The summed E-state index contributed by atoms with van der Waals surface area (Å²) in [6.45, 7) is 2.66. The summed E-state index contributed by atoms with van der Waals surface area (Å²) in [6.07, 6.45) is 2.16. The third kappa shape index (κ3) is 3.29. The quantitative estimate of drug-likeness (QED) is 0.875. The maximum Gasteiger partial charge on any atom is 0.265 e. The molecule has 3 heterocycles. The number of amides is 1. The van der Waals surface area contributed by atoms with E-state index in [0.29, 0.717) is 42.4 Å². The summed E-state index contributed by atoms with van der Waals surface area (Å²) in [6, 6.07) is 0. The normalized spacial score (nSPS) is 16.6. The fourth-order valence-corrected chi connectivity index (χ4v) is 3.65. The Balaban J connectivity index is 1.77. The zero-order valence-corrected chi connectivity index (χ0v) is 15.2. The van der Waals surface area contributed by atoms with Crippen LogP contribution in [-0.4, -0.2) is 58.2 Å². The topological polar surface area (TPSA) is 97.7 Å². The molecule has 0 saturated carbocycles. The number of hydrogen-bond acceptors (Lipinski definition) is 8. The molecule has 0 radical (unpaired) electrons. The Morgan fingerprint density at radius 1 is 1.28 bits per heavy atom. The predicted molar refractivity (Wildman–Crippen MR) is 91.0 cm³/mol. The highest BCUT2D eigenvalue weighted by Gasteiger charge is 2.40. The predicted octanol–water partition coefficient (Wildman–Crippen LogP) is 1.38. The van der Waals surface area contributed by atoms with Gasteiger partial charge in [-0.2, -0.15) is 4.98 Å². The van der Waals surface area contributed by atoms with Crippen LogP contribution in [0, 0.1) is 6.92 Å². The van der Waals surface area contributed by atoms with E-state index in [2.05, 4.69) is 15.0 Å². The molecule has 8 nitrogen and oxygen atoms in total. The molecule has 0 atom stereocenters. The summed E-state index contributed by atoms with van der Waals surface area (Å²) in [5, 5.41) is 11.0. The van der Waals surface area contributed by atoms with Crippen molar-refractivity contribution < 1.29 is 19.4 Å². The standard InChI is InChI=1S/C16H20N4O4S/c1-10-12(25-9-18-10)15(21)20-6-4-16(22,5-7-20)13-14(24-3)19-11(23-2)8-17-13/h8-9,22H,4-7H2,1-3H3. The molecule has 134 valence electrons. The molecule has 1 fully saturated rings. The van der Waals surface area contributed by atoms with Crippen LogP contribution in [0.3, 0.4) is 0 Å². The minimum atomic E-state index is -1.19. The van der Waals surface area contributed by atoms with E-state index >= 15 is 0 Å². The molecule has 0 aromatic carbocycles. The van der Waals surface area contributed by atoms with Crippen LogP contribution in [0.15, 0.2) is 11.7 Å². The van der Waals surface area contributed by atoms with Gasteiger partial charge in [0.2, 0.25) is 11.8 Å². The van der Waals surface area contributed by atoms with Crippen LogP contribution >= 0.6 is 11.3 Å². The van der Waals surface area contributed by atoms with Gasteiger partial charge < -0.3 is 19.5 Å². The first kappa shape index (κ1) is 17.6. The molecule has 1 N–H and O–H groups in total. The summed E-state index contributed by atoms with van der Waals surface area (Å²) < 4.78 is 10.3. The molecular weight excluding hydrogens is 344 g/mol. The van der Waals surface area contributed by atoms with Gasteiger partial charge >= 0.3 is 0 Å². The molecule has 25 heavy (non-hydrogen) atoms. The number of rotatable bonds is 4. The second kappa shape index (κ2) is 6.93. The van der Waals surface area contributed by atoms with Crippen LogP contribution in [-0.2, 0) is 5.60 Å². The molecule has 1 amide bonds. The lowest BCUT2D eigenvalue weighted by molar-refractivity contribution is -0.0264. The fraction of sp³-hybridized carbons (Fsp3) is 0.500. The summed E-state index contributed by atoms with van der Waals surface area (Å²) in [4.78, 5) is 27.5. The van der Waals surface area contributed by atoms with E-state index in [0.717, 1.165) is 5.69 Å². The Morgan fingerprint density at radius 2 is 2.00 bits per heavy atom. The van der Waals surface area contributed by atoms with Crippen molar-refractivity contribution >= 4 is 17.2 Å². The largest absolute Gasteiger partial charge is 0.480 e. The number of ether oxygens (including phenoxy) is 2. The van der Waals surface area contributed by atoms with Gasteiger partial charge in [-0.3, -0.25) is 4.79 Å². The Bertz CT molecular complexity index is 771. The number of hydrogen-bond donors (Lipinski definition) is 1. The molecule has 1 aliphatic heterocycles. The number of nitrogens with zero attached hydrogens (tertiary/aromatic N) is 4. The van der Waals surface area contributed by atoms with Crippen molar-refractivity contribution in [1.29, 1.82) is 0 Å². The average molecular weight is 364 g/mol. The number of aromatic nitrogens is 3. The Hall–Kier alpha value is -2.26. The SMILES string of the molecule is COc1cnc(C2(O)CCN(C(=O)c3scnc3C)CC2)c(OC)n1. The van der Waals surface area contributed by atoms with Gasteiger partial charge in [-0.05, 0) is 19.8 Å². The molecule has 0 unspecified atom stereocenters. The van der Waals surface area contributed by atoms with E-state index in [-0.39, 0.29) is 11.8 Å². The van der Waals surface area contributed by atoms with Crippen LogP contribution in [0.5, 0.6) is 11.8 Å². The Kier molecular flexibility index (Phi) is 4.87. The number of aliphatic hydroxyl groups is 1. The zero-order valence-electron chi connectivity index (χ0n) is 14.4. The first-order valence-corrected chi connectivity index (χ1v) is 8.73. The van der Waals surface area contributed by atoms with Crippen LogP contribution < -0.4 is 9.47 Å². The molecule has 3 rings (SSSR count). The monoisotopic (exact) mass is 364 g/mol. The van der Waals surface area contributed by atoms with Crippen molar-refractivity contribution in [2.45, 2.75) is 25.4 Å². The molecule has 1 saturated heterocycles. The van der Waals surface area contributed by atoms with Crippen molar-refractivity contribution in [3.63, 3.8) is 0 Å². The third-order valence-electron chi connectivity index (χ3n) is 4.38. The molecular formula is C16H20N4O4S. The minimum absolute atomic E-state index is 0.0465. The number of carbonyl (C=O) groups excluding carboxylic acids is 1. The van der Waals surface area contributed by atoms with Gasteiger partial charge in [-0.1, -0.05) is 0 Å². The first-order chi connectivity index (χ1) is 12.0. The van der Waals surface area contributed by atoms with Gasteiger partial charge in [0, 0.05) is 13.1 Å². The second-order valence-corrected chi connectivity index (χ2v) is 6.72. The van der Waals surface area contributed by atoms with Crippen LogP contribution in [0.1, 0.15) is 33.9 Å². The highest BCUT2D eigenvalue weighted by atomic mass is 32.1. The number of likely N-dealkylation sites (tertiary alicyclic amines) is 1. The number of carbonyl (C=O) groups is 1. The van der Waals surface area contributed by atoms with E-state index in [4.69, 9.17) is 9.47 Å². The summed E-state index contributed by atoms with van der Waals surface area (Å²) in [5.74, 6) is 0.507. The average Bonchev–Trinajstić information content (AvgIpc) is 3.07. The van der Waals surface area contributed by atoms with Gasteiger partial charge in [-0.15, -0.1) is 11.3 Å². The van der Waals surface area contributed by atoms with Gasteiger partial charge in [-0.25, -0.2) is 9.97 Å². The lowest BCUT2D eigenvalue weighted by Crippen LogP contribution is -2.45. The van der Waals surface area contributed by atoms with Crippen molar-refractivity contribution in [3.8, 4) is 11.8 Å². The van der Waals surface area contributed by atoms with Crippen LogP contribution in [0.2, 0.25) is 0 Å². The Labute approximate surface area is 149 Å². The van der Waals surface area contributed by atoms with E-state index in [9.17, 15) is 9.90 Å². The minimum Gasteiger partial charge on any atom is -0.480 e. The smallest absolute Gasteiger partial charge is 0.265 e. The maximum absolute atomic E-state index is 12.6. The summed E-state index contributed by atoms with van der Waals surface area (Å²) in [5.41, 5.74) is 1.58.